The molecule has 0 atom stereocenters. The van der Waals surface area contributed by atoms with Crippen molar-refractivity contribution in [2.24, 2.45) is 5.92 Å². The van der Waals surface area contributed by atoms with Gasteiger partial charge in [-0.25, -0.2) is 9.97 Å². The van der Waals surface area contributed by atoms with E-state index in [4.69, 9.17) is 0 Å². The molecule has 0 spiro atoms. The number of pyridine rings is 1. The quantitative estimate of drug-likeness (QED) is 0.875. The summed E-state index contributed by atoms with van der Waals surface area (Å²) in [4.78, 5) is 32.1. The fourth-order valence-electron chi connectivity index (χ4n) is 3.13. The summed E-state index contributed by atoms with van der Waals surface area (Å²) >= 11 is 1.66. The van der Waals surface area contributed by atoms with Crippen molar-refractivity contribution in [1.82, 2.24) is 15.3 Å². The van der Waals surface area contributed by atoms with E-state index >= 15 is 0 Å². The van der Waals surface area contributed by atoms with Crippen LogP contribution in [0.25, 0.3) is 10.3 Å². The SMILES string of the molecule is O=CC1CCC(NC(=O)c2cnc3nc(C4CC4)sc3c2)CC1. The maximum Gasteiger partial charge on any atom is 0.253 e. The van der Waals surface area contributed by atoms with Crippen LogP contribution in [0.1, 0.15) is 59.8 Å². The molecule has 0 aromatic carbocycles. The molecule has 2 aliphatic carbocycles. The number of hydrogen-bond acceptors (Lipinski definition) is 5. The molecule has 2 aromatic rings. The van der Waals surface area contributed by atoms with Crippen LogP contribution in [-0.4, -0.2) is 28.2 Å². The van der Waals surface area contributed by atoms with Gasteiger partial charge >= 0.3 is 0 Å². The van der Waals surface area contributed by atoms with Gasteiger partial charge in [-0.2, -0.15) is 0 Å². The second-order valence-corrected chi connectivity index (χ2v) is 7.66. The molecule has 0 unspecified atom stereocenters. The topological polar surface area (TPSA) is 72.0 Å². The minimum absolute atomic E-state index is 0.0738. The summed E-state index contributed by atoms with van der Waals surface area (Å²) in [7, 11) is 0. The third kappa shape index (κ3) is 3.13. The third-order valence-corrected chi connectivity index (χ3v) is 5.91. The summed E-state index contributed by atoms with van der Waals surface area (Å²) in [5, 5.41) is 4.23. The minimum atomic E-state index is -0.0738. The number of nitrogens with one attached hydrogen (secondary N) is 1. The Morgan fingerprint density at radius 3 is 2.70 bits per heavy atom. The number of fused-ring (bicyclic) bond motifs is 1. The van der Waals surface area contributed by atoms with Crippen molar-refractivity contribution in [1.29, 1.82) is 0 Å². The standard InChI is InChI=1S/C17H19N3O2S/c21-9-10-1-5-13(6-2-10)19-16(22)12-7-14-15(18-8-12)20-17(23-14)11-3-4-11/h7-11,13H,1-6H2,(H,19,22). The number of hydrogen-bond donors (Lipinski definition) is 1. The number of thiazole rings is 1. The van der Waals surface area contributed by atoms with Crippen molar-refractivity contribution < 1.29 is 9.59 Å². The monoisotopic (exact) mass is 329 g/mol. The zero-order valence-electron chi connectivity index (χ0n) is 12.8. The fraction of sp³-hybridized carbons (Fsp3) is 0.529. The van der Waals surface area contributed by atoms with E-state index in [1.807, 2.05) is 6.07 Å². The lowest BCUT2D eigenvalue weighted by Crippen LogP contribution is -2.37. The molecule has 0 saturated heterocycles. The van der Waals surface area contributed by atoms with Crippen molar-refractivity contribution in [2.45, 2.75) is 50.5 Å². The van der Waals surface area contributed by atoms with Crippen molar-refractivity contribution in [3.05, 3.63) is 22.8 Å². The van der Waals surface area contributed by atoms with Crippen LogP contribution in [0.2, 0.25) is 0 Å². The molecule has 120 valence electrons. The summed E-state index contributed by atoms with van der Waals surface area (Å²) in [6.45, 7) is 0. The summed E-state index contributed by atoms with van der Waals surface area (Å²) < 4.78 is 0.990. The molecular formula is C17H19N3O2S. The molecule has 0 radical (unpaired) electrons. The molecule has 0 aliphatic heterocycles. The van der Waals surface area contributed by atoms with Gasteiger partial charge in [0.2, 0.25) is 0 Å². The van der Waals surface area contributed by atoms with E-state index in [0.29, 0.717) is 11.5 Å². The van der Waals surface area contributed by atoms with E-state index in [9.17, 15) is 9.59 Å². The largest absolute Gasteiger partial charge is 0.349 e. The molecule has 2 aromatic heterocycles. The fourth-order valence-corrected chi connectivity index (χ4v) is 4.27. The molecule has 5 nitrogen and oxygen atoms in total. The predicted molar refractivity (Wildman–Crippen MR) is 88.7 cm³/mol. The molecule has 6 heteroatoms. The highest BCUT2D eigenvalue weighted by atomic mass is 32.1. The first-order chi connectivity index (χ1) is 11.2. The zero-order valence-corrected chi connectivity index (χ0v) is 13.6. The number of rotatable bonds is 4. The van der Waals surface area contributed by atoms with Crippen molar-refractivity contribution in [3.63, 3.8) is 0 Å². The van der Waals surface area contributed by atoms with Gasteiger partial charge in [0.05, 0.1) is 15.3 Å². The average molecular weight is 329 g/mol. The van der Waals surface area contributed by atoms with Gasteiger partial charge in [-0.1, -0.05) is 0 Å². The van der Waals surface area contributed by atoms with Gasteiger partial charge in [0, 0.05) is 24.1 Å². The Morgan fingerprint density at radius 1 is 1.22 bits per heavy atom. The Hall–Kier alpha value is -1.82. The predicted octanol–water partition coefficient (Wildman–Crippen LogP) is 3.06. The molecule has 0 bridgehead atoms. The van der Waals surface area contributed by atoms with E-state index in [0.717, 1.165) is 47.3 Å². The van der Waals surface area contributed by atoms with E-state index in [1.165, 1.54) is 12.8 Å². The van der Waals surface area contributed by atoms with Crippen LogP contribution in [-0.2, 0) is 4.79 Å². The van der Waals surface area contributed by atoms with Crippen LogP contribution in [0.5, 0.6) is 0 Å². The van der Waals surface area contributed by atoms with Crippen molar-refractivity contribution >= 4 is 33.9 Å². The highest BCUT2D eigenvalue weighted by molar-refractivity contribution is 7.18. The number of carbonyl (C=O) groups excluding carboxylic acids is 2. The first-order valence-electron chi connectivity index (χ1n) is 8.25. The Morgan fingerprint density at radius 2 is 2.00 bits per heavy atom. The van der Waals surface area contributed by atoms with Crippen LogP contribution < -0.4 is 5.32 Å². The van der Waals surface area contributed by atoms with Crippen LogP contribution in [0.15, 0.2) is 12.3 Å². The third-order valence-electron chi connectivity index (χ3n) is 4.75. The highest BCUT2D eigenvalue weighted by Crippen LogP contribution is 2.43. The van der Waals surface area contributed by atoms with Gasteiger partial charge in [0.1, 0.15) is 6.29 Å². The normalized spacial score (nSPS) is 24.5. The average Bonchev–Trinajstić information content (AvgIpc) is 3.34. The van der Waals surface area contributed by atoms with Crippen molar-refractivity contribution in [3.8, 4) is 0 Å². The van der Waals surface area contributed by atoms with Gasteiger partial charge in [-0.15, -0.1) is 11.3 Å². The molecule has 1 amide bonds. The van der Waals surface area contributed by atoms with Gasteiger partial charge in [-0.05, 0) is 44.6 Å². The first-order valence-corrected chi connectivity index (χ1v) is 9.07. The van der Waals surface area contributed by atoms with Crippen molar-refractivity contribution in [2.75, 3.05) is 0 Å². The molecule has 2 aliphatic rings. The van der Waals surface area contributed by atoms with Gasteiger partial charge < -0.3 is 10.1 Å². The second kappa shape index (κ2) is 6.00. The molecule has 2 heterocycles. The second-order valence-electron chi connectivity index (χ2n) is 6.59. The summed E-state index contributed by atoms with van der Waals surface area (Å²) in [5.74, 6) is 0.703. The van der Waals surface area contributed by atoms with Gasteiger partial charge in [-0.3, -0.25) is 4.79 Å². The number of aromatic nitrogens is 2. The lowest BCUT2D eigenvalue weighted by molar-refractivity contribution is -0.111. The van der Waals surface area contributed by atoms with E-state index in [-0.39, 0.29) is 17.9 Å². The highest BCUT2D eigenvalue weighted by Gasteiger charge is 2.27. The Labute approximate surface area is 138 Å². The van der Waals surface area contributed by atoms with E-state index in [2.05, 4.69) is 15.3 Å². The molecule has 23 heavy (non-hydrogen) atoms. The molecule has 1 N–H and O–H groups in total. The van der Waals surface area contributed by atoms with Crippen LogP contribution in [0.3, 0.4) is 0 Å². The molecule has 4 rings (SSSR count). The van der Waals surface area contributed by atoms with Crippen LogP contribution in [0.4, 0.5) is 0 Å². The molecular weight excluding hydrogens is 310 g/mol. The smallest absolute Gasteiger partial charge is 0.253 e. The Bertz CT molecular complexity index is 745. The van der Waals surface area contributed by atoms with Gasteiger partial charge in [0.25, 0.3) is 5.91 Å². The lowest BCUT2D eigenvalue weighted by Gasteiger charge is -2.26. The summed E-state index contributed by atoms with van der Waals surface area (Å²) in [6, 6.07) is 2.07. The minimum Gasteiger partial charge on any atom is -0.349 e. The molecule has 2 saturated carbocycles. The lowest BCUT2D eigenvalue weighted by atomic mass is 9.87. The van der Waals surface area contributed by atoms with Crippen LogP contribution >= 0.6 is 11.3 Å². The molecule has 2 fully saturated rings. The zero-order chi connectivity index (χ0) is 15.8. The maximum atomic E-state index is 12.4. The summed E-state index contributed by atoms with van der Waals surface area (Å²) in [6.07, 6.45) is 8.57. The number of carbonyl (C=O) groups is 2. The van der Waals surface area contributed by atoms with Gasteiger partial charge in [0.15, 0.2) is 5.65 Å². The maximum absolute atomic E-state index is 12.4. The number of aldehydes is 1. The number of nitrogens with zero attached hydrogens (tertiary/aromatic N) is 2. The Balaban J connectivity index is 1.45. The Kier molecular flexibility index (Phi) is 3.85. The number of amides is 1. The summed E-state index contributed by atoms with van der Waals surface area (Å²) in [5.41, 5.74) is 1.35. The van der Waals surface area contributed by atoms with Crippen LogP contribution in [0, 0.1) is 5.92 Å². The van der Waals surface area contributed by atoms with E-state index in [1.54, 1.807) is 17.5 Å². The van der Waals surface area contributed by atoms with E-state index < -0.39 is 0 Å². The first kappa shape index (κ1) is 14.8.